The summed E-state index contributed by atoms with van der Waals surface area (Å²) < 4.78 is 0. The Morgan fingerprint density at radius 1 is 1.00 bits per heavy atom. The second kappa shape index (κ2) is 6.42. The van der Waals surface area contributed by atoms with Crippen LogP contribution in [0.15, 0.2) is 0 Å². The zero-order valence-corrected chi connectivity index (χ0v) is 15.5. The lowest BCUT2D eigenvalue weighted by molar-refractivity contribution is -0.148. The summed E-state index contributed by atoms with van der Waals surface area (Å²) >= 11 is 0. The third-order valence-corrected chi connectivity index (χ3v) is 4.88. The minimum Gasteiger partial charge on any atom is -0.345 e. The molecule has 0 bridgehead atoms. The fourth-order valence-electron chi connectivity index (χ4n) is 4.64. The SMILES string of the molecule is CC1CC(C)CN(C(=O)C(=O)NC2CC(C)(C)NC(C)(C)C2)C1. The number of likely N-dealkylation sites (tertiary alicyclic amines) is 1. The number of carbonyl (C=O) groups is 2. The van der Waals surface area contributed by atoms with E-state index in [2.05, 4.69) is 52.2 Å². The number of rotatable bonds is 1. The number of hydrogen-bond acceptors (Lipinski definition) is 3. The van der Waals surface area contributed by atoms with Crippen molar-refractivity contribution in [3.8, 4) is 0 Å². The van der Waals surface area contributed by atoms with E-state index < -0.39 is 5.91 Å². The van der Waals surface area contributed by atoms with Gasteiger partial charge in [0, 0.05) is 30.2 Å². The van der Waals surface area contributed by atoms with Crippen molar-refractivity contribution >= 4 is 11.8 Å². The van der Waals surface area contributed by atoms with E-state index >= 15 is 0 Å². The molecule has 0 spiro atoms. The maximum absolute atomic E-state index is 12.5. The Morgan fingerprint density at radius 3 is 1.96 bits per heavy atom. The van der Waals surface area contributed by atoms with Crippen LogP contribution in [0, 0.1) is 11.8 Å². The molecule has 0 saturated carbocycles. The van der Waals surface area contributed by atoms with Gasteiger partial charge in [-0.05, 0) is 58.8 Å². The van der Waals surface area contributed by atoms with Crippen LogP contribution in [-0.4, -0.2) is 46.9 Å². The van der Waals surface area contributed by atoms with Crippen LogP contribution in [0.25, 0.3) is 0 Å². The molecule has 2 rings (SSSR count). The van der Waals surface area contributed by atoms with Crippen LogP contribution in [0.2, 0.25) is 0 Å². The standard InChI is InChI=1S/C18H33N3O2/c1-12-7-13(2)11-21(10-12)16(23)15(22)19-14-8-17(3,4)20-18(5,6)9-14/h12-14,20H,7-11H2,1-6H3,(H,19,22). The summed E-state index contributed by atoms with van der Waals surface area (Å²) in [6.07, 6.45) is 2.80. The molecule has 23 heavy (non-hydrogen) atoms. The third-order valence-electron chi connectivity index (χ3n) is 4.88. The van der Waals surface area contributed by atoms with Crippen molar-refractivity contribution in [2.75, 3.05) is 13.1 Å². The minimum absolute atomic E-state index is 0.0392. The number of nitrogens with zero attached hydrogens (tertiary/aromatic N) is 1. The third kappa shape index (κ3) is 4.93. The van der Waals surface area contributed by atoms with Gasteiger partial charge in [0.25, 0.3) is 0 Å². The minimum atomic E-state index is -0.440. The van der Waals surface area contributed by atoms with Gasteiger partial charge in [-0.3, -0.25) is 9.59 Å². The first-order valence-electron chi connectivity index (χ1n) is 8.86. The van der Waals surface area contributed by atoms with Gasteiger partial charge >= 0.3 is 11.8 Å². The molecule has 0 aromatic rings. The Morgan fingerprint density at radius 2 is 1.48 bits per heavy atom. The first-order chi connectivity index (χ1) is 10.5. The molecule has 0 radical (unpaired) electrons. The molecule has 2 aliphatic rings. The van der Waals surface area contributed by atoms with Gasteiger partial charge in [-0.25, -0.2) is 0 Å². The molecule has 0 aliphatic carbocycles. The lowest BCUT2D eigenvalue weighted by Crippen LogP contribution is -2.63. The molecule has 2 heterocycles. The van der Waals surface area contributed by atoms with Gasteiger partial charge in [0.05, 0.1) is 0 Å². The van der Waals surface area contributed by atoms with E-state index in [1.165, 1.54) is 0 Å². The fourth-order valence-corrected chi connectivity index (χ4v) is 4.64. The predicted octanol–water partition coefficient (Wildman–Crippen LogP) is 1.92. The molecule has 0 aromatic heterocycles. The molecule has 2 unspecified atom stereocenters. The number of nitrogens with one attached hydrogen (secondary N) is 2. The Balaban J connectivity index is 1.97. The summed E-state index contributed by atoms with van der Waals surface area (Å²) in [4.78, 5) is 26.6. The van der Waals surface area contributed by atoms with Crippen LogP contribution < -0.4 is 10.6 Å². The van der Waals surface area contributed by atoms with Crippen molar-refractivity contribution in [2.24, 2.45) is 11.8 Å². The molecule has 0 aromatic carbocycles. The lowest BCUT2D eigenvalue weighted by Gasteiger charge is -2.46. The summed E-state index contributed by atoms with van der Waals surface area (Å²) in [7, 11) is 0. The van der Waals surface area contributed by atoms with Gasteiger partial charge in [0.1, 0.15) is 0 Å². The topological polar surface area (TPSA) is 61.4 Å². The zero-order valence-electron chi connectivity index (χ0n) is 15.5. The summed E-state index contributed by atoms with van der Waals surface area (Å²) in [6.45, 7) is 14.2. The molecule has 2 atom stereocenters. The van der Waals surface area contributed by atoms with E-state index in [1.54, 1.807) is 4.90 Å². The summed E-state index contributed by atoms with van der Waals surface area (Å²) in [6, 6.07) is 0.0392. The highest BCUT2D eigenvalue weighted by Crippen LogP contribution is 2.28. The van der Waals surface area contributed by atoms with E-state index in [4.69, 9.17) is 0 Å². The fraction of sp³-hybridized carbons (Fsp3) is 0.889. The van der Waals surface area contributed by atoms with E-state index in [0.29, 0.717) is 24.9 Å². The zero-order chi connectivity index (χ0) is 17.4. The first kappa shape index (κ1) is 18.2. The van der Waals surface area contributed by atoms with E-state index in [9.17, 15) is 9.59 Å². The van der Waals surface area contributed by atoms with Gasteiger partial charge in [-0.1, -0.05) is 13.8 Å². The van der Waals surface area contributed by atoms with Gasteiger partial charge < -0.3 is 15.5 Å². The van der Waals surface area contributed by atoms with Crippen molar-refractivity contribution in [1.82, 2.24) is 15.5 Å². The number of carbonyl (C=O) groups excluding carboxylic acids is 2. The smallest absolute Gasteiger partial charge is 0.311 e. The highest BCUT2D eigenvalue weighted by Gasteiger charge is 2.39. The first-order valence-corrected chi connectivity index (χ1v) is 8.86. The van der Waals surface area contributed by atoms with Gasteiger partial charge in [0.15, 0.2) is 0 Å². The molecule has 5 heteroatoms. The number of piperidine rings is 2. The molecule has 5 nitrogen and oxygen atoms in total. The van der Waals surface area contributed by atoms with Crippen LogP contribution in [0.1, 0.15) is 60.8 Å². The molecular formula is C18H33N3O2. The molecule has 2 amide bonds. The van der Waals surface area contributed by atoms with E-state index in [0.717, 1.165) is 19.3 Å². The Bertz CT molecular complexity index is 447. The summed E-state index contributed by atoms with van der Waals surface area (Å²) in [5.41, 5.74) is -0.0895. The van der Waals surface area contributed by atoms with Crippen molar-refractivity contribution in [1.29, 1.82) is 0 Å². The monoisotopic (exact) mass is 323 g/mol. The Kier molecular flexibility index (Phi) is 5.09. The second-order valence-electron chi connectivity index (χ2n) is 9.13. The van der Waals surface area contributed by atoms with Crippen molar-refractivity contribution in [3.63, 3.8) is 0 Å². The van der Waals surface area contributed by atoms with Crippen molar-refractivity contribution < 1.29 is 9.59 Å². The molecule has 2 fully saturated rings. The Hall–Kier alpha value is -1.10. The highest BCUT2D eigenvalue weighted by molar-refractivity contribution is 6.35. The normalized spacial score (nSPS) is 30.8. The maximum Gasteiger partial charge on any atom is 0.311 e. The molecular weight excluding hydrogens is 290 g/mol. The largest absolute Gasteiger partial charge is 0.345 e. The van der Waals surface area contributed by atoms with Gasteiger partial charge in [-0.2, -0.15) is 0 Å². The molecule has 2 N–H and O–H groups in total. The van der Waals surface area contributed by atoms with Crippen molar-refractivity contribution in [3.05, 3.63) is 0 Å². The quantitative estimate of drug-likeness (QED) is 0.725. The summed E-state index contributed by atoms with van der Waals surface area (Å²) in [5, 5.41) is 6.58. The van der Waals surface area contributed by atoms with E-state index in [1.807, 2.05) is 0 Å². The van der Waals surface area contributed by atoms with Crippen LogP contribution >= 0.6 is 0 Å². The van der Waals surface area contributed by atoms with E-state index in [-0.39, 0.29) is 23.0 Å². The van der Waals surface area contributed by atoms with Crippen molar-refractivity contribution in [2.45, 2.75) is 77.9 Å². The lowest BCUT2D eigenvalue weighted by atomic mass is 9.79. The van der Waals surface area contributed by atoms with Gasteiger partial charge in [0.2, 0.25) is 0 Å². The van der Waals surface area contributed by atoms with Crippen LogP contribution in [0.3, 0.4) is 0 Å². The average Bonchev–Trinajstić information content (AvgIpc) is 2.32. The van der Waals surface area contributed by atoms with Gasteiger partial charge in [-0.15, -0.1) is 0 Å². The second-order valence-corrected chi connectivity index (χ2v) is 9.13. The van der Waals surface area contributed by atoms with Crippen LogP contribution in [-0.2, 0) is 9.59 Å². The number of hydrogen-bond donors (Lipinski definition) is 2. The maximum atomic E-state index is 12.5. The molecule has 2 aliphatic heterocycles. The van der Waals surface area contributed by atoms with Crippen LogP contribution in [0.5, 0.6) is 0 Å². The average molecular weight is 323 g/mol. The Labute approximate surface area is 140 Å². The molecule has 2 saturated heterocycles. The summed E-state index contributed by atoms with van der Waals surface area (Å²) in [5.74, 6) is 0.127. The predicted molar refractivity (Wildman–Crippen MR) is 92.0 cm³/mol. The highest BCUT2D eigenvalue weighted by atomic mass is 16.2. The number of amides is 2. The van der Waals surface area contributed by atoms with Crippen LogP contribution in [0.4, 0.5) is 0 Å². The molecule has 132 valence electrons.